The first-order valence-corrected chi connectivity index (χ1v) is 11.6. The Hall–Kier alpha value is -2.16. The van der Waals surface area contributed by atoms with Gasteiger partial charge in [-0.3, -0.25) is 4.79 Å². The van der Waals surface area contributed by atoms with Crippen molar-refractivity contribution in [1.29, 1.82) is 0 Å². The second-order valence-corrected chi connectivity index (χ2v) is 9.32. The van der Waals surface area contributed by atoms with E-state index in [2.05, 4.69) is 0 Å². The largest absolute Gasteiger partial charge is 0.494 e. The Bertz CT molecular complexity index is 1070. The molecule has 3 aliphatic heterocycles. The van der Waals surface area contributed by atoms with Crippen molar-refractivity contribution < 1.29 is 33.6 Å². The average Bonchev–Trinajstić information content (AvgIpc) is 3.46. The minimum absolute atomic E-state index is 0.326. The molecule has 0 bridgehead atoms. The molecule has 2 saturated heterocycles. The minimum atomic E-state index is -1.13. The quantitative estimate of drug-likeness (QED) is 0.639. The summed E-state index contributed by atoms with van der Waals surface area (Å²) in [4.78, 5) is 13.5. The lowest BCUT2D eigenvalue weighted by Gasteiger charge is -2.23. The van der Waals surface area contributed by atoms with Gasteiger partial charge < -0.3 is 28.8 Å². The normalized spacial score (nSPS) is 27.2. The van der Waals surface area contributed by atoms with Crippen LogP contribution in [0, 0.1) is 0 Å². The van der Waals surface area contributed by atoms with E-state index in [9.17, 15) is 9.90 Å². The van der Waals surface area contributed by atoms with Crippen LogP contribution in [0.1, 0.15) is 47.8 Å². The van der Waals surface area contributed by atoms with Crippen molar-refractivity contribution in [2.24, 2.45) is 0 Å². The summed E-state index contributed by atoms with van der Waals surface area (Å²) in [6.45, 7) is 6.47. The predicted octanol–water partition coefficient (Wildman–Crippen LogP) is 3.68. The van der Waals surface area contributed by atoms with Crippen LogP contribution in [0.2, 0.25) is 5.02 Å². The SMILES string of the molecule is CCOc1ccc(Cc2cc(C(=O)[C@@H]3O[C@H]4OC(C)(C)O[C@H]4[C@@H]3O)c3c(c2Cl)OCC3)cc1. The molecule has 0 radical (unpaired) electrons. The summed E-state index contributed by atoms with van der Waals surface area (Å²) >= 11 is 6.68. The molecule has 2 fully saturated rings. The number of ether oxygens (including phenoxy) is 5. The lowest BCUT2D eigenvalue weighted by atomic mass is 9.92. The molecule has 0 saturated carbocycles. The van der Waals surface area contributed by atoms with Crippen molar-refractivity contribution in [3.05, 3.63) is 57.6 Å². The van der Waals surface area contributed by atoms with Gasteiger partial charge in [-0.05, 0) is 56.5 Å². The van der Waals surface area contributed by atoms with Gasteiger partial charge in [-0.2, -0.15) is 0 Å². The summed E-state index contributed by atoms with van der Waals surface area (Å²) in [7, 11) is 0. The Kier molecular flexibility index (Phi) is 5.87. The van der Waals surface area contributed by atoms with Gasteiger partial charge in [0.15, 0.2) is 24.0 Å². The van der Waals surface area contributed by atoms with Crippen molar-refractivity contribution in [3.8, 4) is 11.5 Å². The number of carbonyl (C=O) groups excluding carboxylic acids is 1. The third kappa shape index (κ3) is 4.13. The predicted molar refractivity (Wildman–Crippen MR) is 120 cm³/mol. The Morgan fingerprint density at radius 1 is 1.24 bits per heavy atom. The summed E-state index contributed by atoms with van der Waals surface area (Å²) in [5, 5.41) is 11.3. The number of hydrogen-bond donors (Lipinski definition) is 1. The monoisotopic (exact) mass is 474 g/mol. The third-order valence-corrected chi connectivity index (χ3v) is 6.58. The molecule has 0 unspecified atom stereocenters. The first kappa shape index (κ1) is 22.6. The summed E-state index contributed by atoms with van der Waals surface area (Å²) in [6.07, 6.45) is -2.64. The molecule has 5 rings (SSSR count). The van der Waals surface area contributed by atoms with Crippen LogP contribution in [-0.4, -0.2) is 54.5 Å². The van der Waals surface area contributed by atoms with E-state index in [1.54, 1.807) is 19.9 Å². The molecule has 8 heteroatoms. The van der Waals surface area contributed by atoms with E-state index < -0.39 is 30.4 Å². The maximum Gasteiger partial charge on any atom is 0.194 e. The van der Waals surface area contributed by atoms with Gasteiger partial charge >= 0.3 is 0 Å². The van der Waals surface area contributed by atoms with E-state index in [1.165, 1.54) is 0 Å². The lowest BCUT2D eigenvalue weighted by molar-refractivity contribution is -0.208. The van der Waals surface area contributed by atoms with Crippen LogP contribution < -0.4 is 9.47 Å². The fraction of sp³-hybridized carbons (Fsp3) is 0.480. The number of fused-ring (bicyclic) bond motifs is 2. The molecule has 3 heterocycles. The van der Waals surface area contributed by atoms with E-state index >= 15 is 0 Å². The molecule has 2 aromatic carbocycles. The summed E-state index contributed by atoms with van der Waals surface area (Å²) in [5.41, 5.74) is 2.99. The van der Waals surface area contributed by atoms with Gasteiger partial charge in [-0.1, -0.05) is 23.7 Å². The van der Waals surface area contributed by atoms with Crippen molar-refractivity contribution in [3.63, 3.8) is 0 Å². The molecule has 176 valence electrons. The van der Waals surface area contributed by atoms with Crippen LogP contribution in [0.25, 0.3) is 0 Å². The van der Waals surface area contributed by atoms with Gasteiger partial charge in [0.1, 0.15) is 23.7 Å². The maximum atomic E-state index is 13.5. The Morgan fingerprint density at radius 2 is 2.00 bits per heavy atom. The highest BCUT2D eigenvalue weighted by Gasteiger charge is 2.56. The fourth-order valence-corrected chi connectivity index (χ4v) is 4.97. The molecular weight excluding hydrogens is 448 g/mol. The molecule has 0 aromatic heterocycles. The van der Waals surface area contributed by atoms with Crippen LogP contribution in [-0.2, 0) is 27.1 Å². The molecule has 3 aliphatic rings. The van der Waals surface area contributed by atoms with Crippen molar-refractivity contribution in [2.45, 2.75) is 64.0 Å². The van der Waals surface area contributed by atoms with Crippen molar-refractivity contribution in [2.75, 3.05) is 13.2 Å². The number of aliphatic hydroxyl groups excluding tert-OH is 1. The third-order valence-electron chi connectivity index (χ3n) is 6.17. The zero-order valence-corrected chi connectivity index (χ0v) is 19.6. The number of Topliss-reactive ketones (excluding diaryl/α,β-unsaturated/α-hetero) is 1. The summed E-state index contributed by atoms with van der Waals surface area (Å²) in [6, 6.07) is 9.55. The van der Waals surface area contributed by atoms with Crippen LogP contribution in [0.15, 0.2) is 30.3 Å². The lowest BCUT2D eigenvalue weighted by Crippen LogP contribution is -2.39. The number of carbonyl (C=O) groups is 1. The summed E-state index contributed by atoms with van der Waals surface area (Å²) < 4.78 is 28.5. The van der Waals surface area contributed by atoms with E-state index in [-0.39, 0.29) is 5.78 Å². The van der Waals surface area contributed by atoms with Gasteiger partial charge in [0.05, 0.1) is 18.2 Å². The molecule has 0 spiro atoms. The number of rotatable bonds is 6. The zero-order valence-electron chi connectivity index (χ0n) is 18.8. The molecule has 0 aliphatic carbocycles. The second-order valence-electron chi connectivity index (χ2n) is 8.94. The number of halogens is 1. The van der Waals surface area contributed by atoms with E-state index in [1.807, 2.05) is 31.2 Å². The zero-order chi connectivity index (χ0) is 23.3. The first-order valence-electron chi connectivity index (χ1n) is 11.2. The molecule has 1 N–H and O–H groups in total. The fourth-order valence-electron chi connectivity index (χ4n) is 4.68. The molecule has 33 heavy (non-hydrogen) atoms. The van der Waals surface area contributed by atoms with Gasteiger partial charge in [0.2, 0.25) is 0 Å². The minimum Gasteiger partial charge on any atom is -0.494 e. The van der Waals surface area contributed by atoms with Gasteiger partial charge in [0, 0.05) is 17.5 Å². The van der Waals surface area contributed by atoms with Gasteiger partial charge in [0.25, 0.3) is 0 Å². The van der Waals surface area contributed by atoms with E-state index in [0.717, 1.165) is 22.4 Å². The topological polar surface area (TPSA) is 83.5 Å². The van der Waals surface area contributed by atoms with Crippen LogP contribution in [0.3, 0.4) is 0 Å². The highest BCUT2D eigenvalue weighted by molar-refractivity contribution is 6.33. The van der Waals surface area contributed by atoms with Gasteiger partial charge in [-0.25, -0.2) is 0 Å². The highest BCUT2D eigenvalue weighted by atomic mass is 35.5. The molecule has 0 amide bonds. The molecular formula is C25H27ClO7. The number of hydrogen-bond acceptors (Lipinski definition) is 7. The van der Waals surface area contributed by atoms with Crippen LogP contribution in [0.4, 0.5) is 0 Å². The highest BCUT2D eigenvalue weighted by Crippen LogP contribution is 2.42. The number of ketones is 1. The molecule has 2 aromatic rings. The number of aliphatic hydroxyl groups is 1. The number of benzene rings is 2. The Labute approximate surface area is 197 Å². The molecule has 7 nitrogen and oxygen atoms in total. The maximum absolute atomic E-state index is 13.5. The first-order chi connectivity index (χ1) is 15.8. The Morgan fingerprint density at radius 3 is 2.70 bits per heavy atom. The molecule has 4 atom stereocenters. The Balaban J connectivity index is 1.43. The van der Waals surface area contributed by atoms with E-state index in [4.69, 9.17) is 35.3 Å². The second kappa shape index (κ2) is 8.56. The van der Waals surface area contributed by atoms with Crippen molar-refractivity contribution >= 4 is 17.4 Å². The smallest absolute Gasteiger partial charge is 0.194 e. The summed E-state index contributed by atoms with van der Waals surface area (Å²) in [5.74, 6) is 0.133. The average molecular weight is 475 g/mol. The van der Waals surface area contributed by atoms with Gasteiger partial charge in [-0.15, -0.1) is 0 Å². The standard InChI is InChI=1S/C25H27ClO7/c1-4-29-15-7-5-13(6-8-15)11-14-12-17(16-9-10-30-21(16)18(14)26)19(27)22-20(28)23-24(31-22)33-25(2,3)32-23/h5-8,12,20,22-24,28H,4,9-11H2,1-3H3/t20-,22+,23+,24+/m1/s1. The van der Waals surface area contributed by atoms with E-state index in [0.29, 0.717) is 42.4 Å². The van der Waals surface area contributed by atoms with Crippen LogP contribution >= 0.6 is 11.6 Å². The van der Waals surface area contributed by atoms with Crippen molar-refractivity contribution in [1.82, 2.24) is 0 Å². The van der Waals surface area contributed by atoms with Crippen LogP contribution in [0.5, 0.6) is 11.5 Å².